The Morgan fingerprint density at radius 3 is 2.30 bits per heavy atom. The van der Waals surface area contributed by atoms with Gasteiger partial charge in [-0.15, -0.1) is 0 Å². The molecular weight excluding hydrogens is 246 g/mol. The summed E-state index contributed by atoms with van der Waals surface area (Å²) < 4.78 is 5.84. The molecule has 1 aliphatic heterocycles. The van der Waals surface area contributed by atoms with Gasteiger partial charge in [-0.1, -0.05) is 18.2 Å². The van der Waals surface area contributed by atoms with E-state index in [2.05, 4.69) is 36.1 Å². The zero-order chi connectivity index (χ0) is 13.6. The molecule has 1 heterocycles. The lowest BCUT2D eigenvalue weighted by Crippen LogP contribution is -2.31. The third-order valence-corrected chi connectivity index (χ3v) is 4.82. The lowest BCUT2D eigenvalue weighted by molar-refractivity contribution is 0.482. The summed E-state index contributed by atoms with van der Waals surface area (Å²) in [7, 11) is 0. The van der Waals surface area contributed by atoms with Crippen molar-refractivity contribution in [2.75, 3.05) is 11.4 Å². The number of hydrogen-bond donors (Lipinski definition) is 0. The molecule has 2 aromatic rings. The molecule has 1 saturated heterocycles. The average Bonchev–Trinajstić information content (AvgIpc) is 3.03. The van der Waals surface area contributed by atoms with Crippen molar-refractivity contribution in [3.63, 3.8) is 0 Å². The monoisotopic (exact) mass is 265 g/mol. The minimum Gasteiger partial charge on any atom is -0.457 e. The first kappa shape index (κ1) is 11.8. The first-order valence-corrected chi connectivity index (χ1v) is 7.36. The average molecular weight is 265 g/mol. The number of nitrogens with zero attached hydrogens (tertiary/aromatic N) is 1. The van der Waals surface area contributed by atoms with Gasteiger partial charge in [0.2, 0.25) is 0 Å². The molecule has 2 heteroatoms. The number of ether oxygens (including phenoxy) is 1. The number of anilines is 1. The second kappa shape index (κ2) is 4.27. The van der Waals surface area contributed by atoms with Crippen LogP contribution in [0.5, 0.6) is 11.5 Å². The summed E-state index contributed by atoms with van der Waals surface area (Å²) in [6, 6.07) is 18.4. The van der Waals surface area contributed by atoms with Crippen LogP contribution in [-0.2, 0) is 0 Å². The van der Waals surface area contributed by atoms with E-state index in [1.165, 1.54) is 25.1 Å². The van der Waals surface area contributed by atoms with Gasteiger partial charge in [-0.25, -0.2) is 0 Å². The predicted molar refractivity (Wildman–Crippen MR) is 81.4 cm³/mol. The van der Waals surface area contributed by atoms with Crippen LogP contribution in [0, 0.1) is 5.92 Å². The largest absolute Gasteiger partial charge is 0.457 e. The molecule has 2 aromatic carbocycles. The van der Waals surface area contributed by atoms with Gasteiger partial charge in [0.25, 0.3) is 0 Å². The van der Waals surface area contributed by atoms with Crippen molar-refractivity contribution in [2.24, 2.45) is 5.92 Å². The van der Waals surface area contributed by atoms with Gasteiger partial charge < -0.3 is 9.64 Å². The Morgan fingerprint density at radius 1 is 1.00 bits per heavy atom. The van der Waals surface area contributed by atoms with Crippen LogP contribution in [0.15, 0.2) is 54.6 Å². The van der Waals surface area contributed by atoms with Crippen molar-refractivity contribution in [2.45, 2.75) is 25.3 Å². The van der Waals surface area contributed by atoms with Crippen LogP contribution in [0.1, 0.15) is 19.8 Å². The molecule has 1 aliphatic carbocycles. The van der Waals surface area contributed by atoms with E-state index >= 15 is 0 Å². The number of rotatable bonds is 3. The van der Waals surface area contributed by atoms with E-state index in [1.807, 2.05) is 30.3 Å². The summed E-state index contributed by atoms with van der Waals surface area (Å²) in [4.78, 5) is 2.56. The molecule has 0 aromatic heterocycles. The minimum absolute atomic E-state index is 0.432. The first-order chi connectivity index (χ1) is 9.75. The molecule has 102 valence electrons. The van der Waals surface area contributed by atoms with Gasteiger partial charge in [-0.3, -0.25) is 0 Å². The molecule has 2 nitrogen and oxygen atoms in total. The standard InChI is InChI=1S/C18H19NO/c1-18-13-14(18)11-12-19(18)15-7-9-17(10-8-15)20-16-5-3-2-4-6-16/h2-10,14H,11-13H2,1H3/t14-,18+/m0/s1. The van der Waals surface area contributed by atoms with Gasteiger partial charge in [-0.05, 0) is 62.1 Å². The van der Waals surface area contributed by atoms with Crippen LogP contribution in [0.3, 0.4) is 0 Å². The SMILES string of the molecule is C[C@@]12C[C@@H]1CCN2c1ccc(Oc2ccccc2)cc1. The highest BCUT2D eigenvalue weighted by Crippen LogP contribution is 2.56. The van der Waals surface area contributed by atoms with Crippen LogP contribution in [0.25, 0.3) is 0 Å². The van der Waals surface area contributed by atoms with E-state index in [0.29, 0.717) is 5.54 Å². The van der Waals surface area contributed by atoms with E-state index in [4.69, 9.17) is 4.74 Å². The number of hydrogen-bond acceptors (Lipinski definition) is 2. The molecule has 2 aliphatic rings. The highest BCUT2D eigenvalue weighted by molar-refractivity contribution is 5.55. The second-order valence-corrected chi connectivity index (χ2v) is 6.11. The number of fused-ring (bicyclic) bond motifs is 1. The van der Waals surface area contributed by atoms with Crippen molar-refractivity contribution in [3.05, 3.63) is 54.6 Å². The zero-order valence-electron chi connectivity index (χ0n) is 11.8. The fourth-order valence-electron chi connectivity index (χ4n) is 3.47. The van der Waals surface area contributed by atoms with Crippen LogP contribution < -0.4 is 9.64 Å². The van der Waals surface area contributed by atoms with Gasteiger partial charge in [0.1, 0.15) is 11.5 Å². The van der Waals surface area contributed by atoms with Gasteiger partial charge in [-0.2, -0.15) is 0 Å². The van der Waals surface area contributed by atoms with E-state index < -0.39 is 0 Å². The van der Waals surface area contributed by atoms with Crippen molar-refractivity contribution >= 4 is 5.69 Å². The third kappa shape index (κ3) is 1.87. The van der Waals surface area contributed by atoms with Crippen molar-refractivity contribution in [1.29, 1.82) is 0 Å². The Kier molecular flexibility index (Phi) is 2.53. The quantitative estimate of drug-likeness (QED) is 0.812. The summed E-state index contributed by atoms with van der Waals surface area (Å²) in [5, 5.41) is 0. The summed E-state index contributed by atoms with van der Waals surface area (Å²) in [5.74, 6) is 2.70. The Balaban J connectivity index is 1.52. The Hall–Kier alpha value is -1.96. The summed E-state index contributed by atoms with van der Waals surface area (Å²) in [5.41, 5.74) is 1.76. The van der Waals surface area contributed by atoms with Crippen molar-refractivity contribution < 1.29 is 4.74 Å². The normalized spacial score (nSPS) is 27.2. The molecule has 4 rings (SSSR count). The smallest absolute Gasteiger partial charge is 0.127 e. The third-order valence-electron chi connectivity index (χ3n) is 4.82. The summed E-state index contributed by atoms with van der Waals surface area (Å²) in [6.07, 6.45) is 2.70. The van der Waals surface area contributed by atoms with E-state index in [1.54, 1.807) is 0 Å². The highest BCUT2D eigenvalue weighted by Gasteiger charge is 2.58. The molecule has 0 spiro atoms. The van der Waals surface area contributed by atoms with Crippen molar-refractivity contribution in [3.8, 4) is 11.5 Å². The fourth-order valence-corrected chi connectivity index (χ4v) is 3.47. The predicted octanol–water partition coefficient (Wildman–Crippen LogP) is 4.47. The molecule has 0 bridgehead atoms. The number of para-hydroxylation sites is 1. The maximum absolute atomic E-state index is 5.84. The second-order valence-electron chi connectivity index (χ2n) is 6.11. The van der Waals surface area contributed by atoms with E-state index in [-0.39, 0.29) is 0 Å². The van der Waals surface area contributed by atoms with E-state index in [0.717, 1.165) is 17.4 Å². The first-order valence-electron chi connectivity index (χ1n) is 7.36. The molecule has 0 amide bonds. The zero-order valence-corrected chi connectivity index (χ0v) is 11.8. The van der Waals surface area contributed by atoms with Crippen LogP contribution in [0.2, 0.25) is 0 Å². The van der Waals surface area contributed by atoms with Gasteiger partial charge in [0.05, 0.1) is 0 Å². The number of piperidine rings is 1. The minimum atomic E-state index is 0.432. The topological polar surface area (TPSA) is 12.5 Å². The number of benzene rings is 2. The molecule has 20 heavy (non-hydrogen) atoms. The summed E-state index contributed by atoms with van der Waals surface area (Å²) >= 11 is 0. The lowest BCUT2D eigenvalue weighted by Gasteiger charge is -2.27. The fraction of sp³-hybridized carbons (Fsp3) is 0.333. The van der Waals surface area contributed by atoms with Crippen LogP contribution in [-0.4, -0.2) is 12.1 Å². The maximum atomic E-state index is 5.84. The summed E-state index contributed by atoms with van der Waals surface area (Å²) in [6.45, 7) is 3.58. The lowest BCUT2D eigenvalue weighted by atomic mass is 10.2. The molecular formula is C18H19NO. The van der Waals surface area contributed by atoms with Crippen LogP contribution >= 0.6 is 0 Å². The molecule has 0 unspecified atom stereocenters. The Bertz CT molecular complexity index is 605. The van der Waals surface area contributed by atoms with Gasteiger partial charge in [0, 0.05) is 17.8 Å². The Labute approximate surface area is 120 Å². The molecule has 1 saturated carbocycles. The van der Waals surface area contributed by atoms with Crippen molar-refractivity contribution in [1.82, 2.24) is 0 Å². The molecule has 0 N–H and O–H groups in total. The molecule has 2 fully saturated rings. The highest BCUT2D eigenvalue weighted by atomic mass is 16.5. The van der Waals surface area contributed by atoms with Gasteiger partial charge >= 0.3 is 0 Å². The van der Waals surface area contributed by atoms with Gasteiger partial charge in [0.15, 0.2) is 0 Å². The Morgan fingerprint density at radius 2 is 1.70 bits per heavy atom. The van der Waals surface area contributed by atoms with E-state index in [9.17, 15) is 0 Å². The maximum Gasteiger partial charge on any atom is 0.127 e. The molecule has 2 atom stereocenters. The van der Waals surface area contributed by atoms with Crippen LogP contribution in [0.4, 0.5) is 5.69 Å². The molecule has 0 radical (unpaired) electrons.